The minimum Gasteiger partial charge on any atom is -0.273 e. The van der Waals surface area contributed by atoms with E-state index in [4.69, 9.17) is 23.2 Å². The summed E-state index contributed by atoms with van der Waals surface area (Å²) in [5.74, 6) is 0.392. The highest BCUT2D eigenvalue weighted by Crippen LogP contribution is 2.36. The van der Waals surface area contributed by atoms with Gasteiger partial charge < -0.3 is 0 Å². The van der Waals surface area contributed by atoms with Gasteiger partial charge in [-0.1, -0.05) is 25.4 Å². The second-order valence-electron chi connectivity index (χ2n) is 4.47. The maximum Gasteiger partial charge on any atom is 0.240 e. The van der Waals surface area contributed by atoms with Crippen LogP contribution in [0.2, 0.25) is 0 Å². The fourth-order valence-corrected chi connectivity index (χ4v) is 2.13. The number of hydrogen-bond donors (Lipinski definition) is 0. The number of halogens is 2. The highest BCUT2D eigenvalue weighted by atomic mass is 35.5. The second-order valence-corrected chi connectivity index (χ2v) is 5.26. The van der Waals surface area contributed by atoms with Crippen LogP contribution in [0.4, 0.5) is 0 Å². The van der Waals surface area contributed by atoms with Gasteiger partial charge in [-0.3, -0.25) is 4.79 Å². The van der Waals surface area contributed by atoms with E-state index in [1.54, 1.807) is 0 Å². The molecule has 15 heavy (non-hydrogen) atoms. The lowest BCUT2D eigenvalue weighted by Gasteiger charge is -2.39. The van der Waals surface area contributed by atoms with Crippen LogP contribution in [0.5, 0.6) is 0 Å². The normalized spacial score (nSPS) is 25.0. The third-order valence-electron chi connectivity index (χ3n) is 2.47. The molecular weight excluding hydrogens is 235 g/mol. The van der Waals surface area contributed by atoms with Crippen molar-refractivity contribution in [3.63, 3.8) is 0 Å². The Balaban J connectivity index is 2.95. The lowest BCUT2D eigenvalue weighted by molar-refractivity contribution is -0.132. The van der Waals surface area contributed by atoms with E-state index >= 15 is 0 Å². The van der Waals surface area contributed by atoms with Gasteiger partial charge in [0.15, 0.2) is 0 Å². The third-order valence-corrected chi connectivity index (χ3v) is 3.44. The summed E-state index contributed by atoms with van der Waals surface area (Å²) in [5.41, 5.74) is 0.410. The molecule has 0 spiro atoms. The summed E-state index contributed by atoms with van der Waals surface area (Å²) in [6, 6.07) is 0. The highest BCUT2D eigenvalue weighted by molar-refractivity contribution is 6.22. The van der Waals surface area contributed by atoms with Gasteiger partial charge in [-0.25, -0.2) is 5.01 Å². The number of rotatable bonds is 2. The van der Waals surface area contributed by atoms with E-state index in [0.717, 1.165) is 12.1 Å². The Hall–Kier alpha value is -0.280. The molecule has 1 unspecified atom stereocenters. The second kappa shape index (κ2) is 4.71. The summed E-state index contributed by atoms with van der Waals surface area (Å²) in [4.78, 5) is 11.3. The first-order chi connectivity index (χ1) is 6.88. The Kier molecular flexibility index (Phi) is 4.01. The first-order valence-corrected chi connectivity index (χ1v) is 5.92. The number of alkyl halides is 2. The van der Waals surface area contributed by atoms with Crippen LogP contribution in [-0.4, -0.2) is 28.0 Å². The molecule has 0 aromatic rings. The number of carbonyl (C=O) groups is 1. The molecule has 0 fully saturated rings. The van der Waals surface area contributed by atoms with Crippen molar-refractivity contribution in [1.82, 2.24) is 5.01 Å². The molecule has 0 saturated carbocycles. The maximum absolute atomic E-state index is 11.3. The quantitative estimate of drug-likeness (QED) is 0.548. The molecule has 1 aliphatic heterocycles. The van der Waals surface area contributed by atoms with Gasteiger partial charge in [0.05, 0.1) is 0 Å². The molecule has 86 valence electrons. The molecule has 0 aliphatic carbocycles. The summed E-state index contributed by atoms with van der Waals surface area (Å²) in [6.07, 6.45) is 1.50. The van der Waals surface area contributed by atoms with Crippen LogP contribution in [0.15, 0.2) is 5.10 Å². The van der Waals surface area contributed by atoms with Crippen molar-refractivity contribution >= 4 is 34.8 Å². The zero-order chi connectivity index (χ0) is 11.6. The van der Waals surface area contributed by atoms with E-state index in [1.165, 1.54) is 11.9 Å². The molecule has 0 radical (unpaired) electrons. The van der Waals surface area contributed by atoms with Gasteiger partial charge in [0.2, 0.25) is 5.91 Å². The van der Waals surface area contributed by atoms with Crippen LogP contribution in [0.25, 0.3) is 0 Å². The molecule has 0 N–H and O–H groups in total. The average molecular weight is 251 g/mol. The molecule has 0 aromatic carbocycles. The Labute approximate surface area is 100 Å². The number of carbonyl (C=O) groups excluding carboxylic acids is 1. The number of amides is 1. The zero-order valence-corrected chi connectivity index (χ0v) is 10.8. The van der Waals surface area contributed by atoms with Crippen LogP contribution in [0, 0.1) is 5.41 Å². The van der Waals surface area contributed by atoms with Gasteiger partial charge in [0.1, 0.15) is 5.50 Å². The molecule has 1 aliphatic rings. The maximum atomic E-state index is 11.3. The summed E-state index contributed by atoms with van der Waals surface area (Å²) in [5, 5.41) is 5.59. The molecule has 0 bridgehead atoms. The van der Waals surface area contributed by atoms with Crippen LogP contribution in [-0.2, 0) is 4.79 Å². The molecule has 1 amide bonds. The lowest BCUT2D eigenvalue weighted by atomic mass is 9.84. The largest absolute Gasteiger partial charge is 0.273 e. The lowest BCUT2D eigenvalue weighted by Crippen LogP contribution is -2.46. The summed E-state index contributed by atoms with van der Waals surface area (Å²) >= 11 is 11.9. The fourth-order valence-electron chi connectivity index (χ4n) is 1.66. The van der Waals surface area contributed by atoms with E-state index < -0.39 is 0 Å². The Morgan fingerprint density at radius 2 is 2.27 bits per heavy atom. The molecule has 0 aromatic heterocycles. The minimum absolute atomic E-state index is 0.130. The van der Waals surface area contributed by atoms with Crippen LogP contribution in [0.3, 0.4) is 0 Å². The van der Waals surface area contributed by atoms with Gasteiger partial charge in [-0.15, -0.1) is 11.6 Å². The van der Waals surface area contributed by atoms with E-state index in [9.17, 15) is 4.79 Å². The Morgan fingerprint density at radius 3 is 2.73 bits per heavy atom. The molecule has 1 heterocycles. The molecule has 3 nitrogen and oxygen atoms in total. The van der Waals surface area contributed by atoms with Crippen molar-refractivity contribution in [2.75, 3.05) is 5.88 Å². The van der Waals surface area contributed by atoms with Crippen molar-refractivity contribution < 1.29 is 4.79 Å². The van der Waals surface area contributed by atoms with E-state index in [2.05, 4.69) is 5.10 Å². The van der Waals surface area contributed by atoms with E-state index in [-0.39, 0.29) is 16.8 Å². The predicted octanol–water partition coefficient (Wildman–Crippen LogP) is 2.81. The van der Waals surface area contributed by atoms with Gasteiger partial charge >= 0.3 is 0 Å². The summed E-state index contributed by atoms with van der Waals surface area (Å²) in [7, 11) is 0. The Bertz CT molecular complexity index is 289. The zero-order valence-electron chi connectivity index (χ0n) is 9.26. The third kappa shape index (κ3) is 2.85. The fraction of sp³-hybridized carbons (Fsp3) is 0.800. The average Bonchev–Trinajstić information content (AvgIpc) is 2.10. The van der Waals surface area contributed by atoms with Gasteiger partial charge in [-0.05, 0) is 6.42 Å². The smallest absolute Gasteiger partial charge is 0.240 e. The van der Waals surface area contributed by atoms with Crippen molar-refractivity contribution in [3.8, 4) is 0 Å². The summed E-state index contributed by atoms with van der Waals surface area (Å²) < 4.78 is 0. The van der Waals surface area contributed by atoms with Crippen molar-refractivity contribution in [2.45, 2.75) is 39.1 Å². The first kappa shape index (κ1) is 12.8. The van der Waals surface area contributed by atoms with E-state index in [0.29, 0.717) is 12.3 Å². The van der Waals surface area contributed by atoms with Gasteiger partial charge in [0.25, 0.3) is 0 Å². The molecule has 0 saturated heterocycles. The van der Waals surface area contributed by atoms with Crippen LogP contribution >= 0.6 is 23.2 Å². The number of hydrazone groups is 1. The van der Waals surface area contributed by atoms with Gasteiger partial charge in [-0.2, -0.15) is 5.10 Å². The molecule has 1 rings (SSSR count). The number of nitrogens with zero attached hydrogens (tertiary/aromatic N) is 2. The predicted molar refractivity (Wildman–Crippen MR) is 63.3 cm³/mol. The van der Waals surface area contributed by atoms with Crippen molar-refractivity contribution in [2.24, 2.45) is 10.5 Å². The topological polar surface area (TPSA) is 32.7 Å². The standard InChI is InChI=1S/C10H16Cl2N2O/c1-7(15)14-9(12)10(2,3)6-8(13-14)4-5-11/h9H,4-6H2,1-3H3. The van der Waals surface area contributed by atoms with Crippen LogP contribution in [0.1, 0.15) is 33.6 Å². The monoisotopic (exact) mass is 250 g/mol. The molecule has 5 heteroatoms. The van der Waals surface area contributed by atoms with E-state index in [1.807, 2.05) is 13.8 Å². The minimum atomic E-state index is -0.380. The van der Waals surface area contributed by atoms with Crippen LogP contribution < -0.4 is 0 Å². The first-order valence-electron chi connectivity index (χ1n) is 4.94. The molecule has 1 atom stereocenters. The number of hydrogen-bond acceptors (Lipinski definition) is 2. The highest BCUT2D eigenvalue weighted by Gasteiger charge is 2.39. The van der Waals surface area contributed by atoms with Crippen molar-refractivity contribution in [3.05, 3.63) is 0 Å². The Morgan fingerprint density at radius 1 is 1.67 bits per heavy atom. The van der Waals surface area contributed by atoms with Gasteiger partial charge in [0, 0.05) is 30.4 Å². The molecular formula is C10H16Cl2N2O. The SMILES string of the molecule is CC(=O)N1N=C(CCCl)CC(C)(C)C1Cl. The summed E-state index contributed by atoms with van der Waals surface area (Å²) in [6.45, 7) is 5.53. The van der Waals surface area contributed by atoms with Crippen molar-refractivity contribution in [1.29, 1.82) is 0 Å².